The molecule has 2 aliphatic rings. The Hall–Kier alpha value is -3.22. The average molecular weight is 530 g/mol. The second kappa shape index (κ2) is 12.5. The lowest BCUT2D eigenvalue weighted by Gasteiger charge is -2.40. The Morgan fingerprint density at radius 1 is 1.05 bits per heavy atom. The van der Waals surface area contributed by atoms with Crippen molar-refractivity contribution in [3.8, 4) is 0 Å². The Bertz CT molecular complexity index is 1230. The third kappa shape index (κ3) is 7.00. The number of pyridine rings is 2. The van der Waals surface area contributed by atoms with E-state index in [2.05, 4.69) is 26.3 Å². The van der Waals surface area contributed by atoms with Crippen LogP contribution >= 0.6 is 11.6 Å². The Labute approximate surface area is 230 Å². The highest BCUT2D eigenvalue weighted by atomic mass is 35.5. The zero-order valence-electron chi connectivity index (χ0n) is 22.0. The molecule has 0 atom stereocenters. The predicted molar refractivity (Wildman–Crippen MR) is 154 cm³/mol. The number of halogens is 1. The molecule has 0 unspecified atom stereocenters. The molecule has 198 valence electrons. The number of benzene rings is 1. The summed E-state index contributed by atoms with van der Waals surface area (Å²) < 4.78 is 0. The summed E-state index contributed by atoms with van der Waals surface area (Å²) in [6, 6.07) is 16.4. The molecule has 38 heavy (non-hydrogen) atoms. The van der Waals surface area contributed by atoms with Gasteiger partial charge in [0.1, 0.15) is 5.82 Å². The predicted octanol–water partition coefficient (Wildman–Crippen LogP) is 6.63. The van der Waals surface area contributed by atoms with E-state index >= 15 is 0 Å². The summed E-state index contributed by atoms with van der Waals surface area (Å²) in [5.74, 6) is 0.804. The van der Waals surface area contributed by atoms with Crippen molar-refractivity contribution in [3.05, 3.63) is 88.8 Å². The first kappa shape index (κ1) is 26.4. The molecule has 1 aromatic carbocycles. The molecule has 1 saturated heterocycles. The molecule has 6 nitrogen and oxygen atoms in total. The molecule has 1 saturated carbocycles. The van der Waals surface area contributed by atoms with Gasteiger partial charge in [-0.15, -0.1) is 0 Å². The molecule has 1 aliphatic carbocycles. The van der Waals surface area contributed by atoms with Crippen LogP contribution in [-0.2, 0) is 11.3 Å². The molecule has 5 rings (SSSR count). The quantitative estimate of drug-likeness (QED) is 0.332. The molecule has 1 aliphatic heterocycles. The molecule has 0 spiro atoms. The van der Waals surface area contributed by atoms with E-state index in [0.717, 1.165) is 60.3 Å². The minimum atomic E-state index is 0.0359. The van der Waals surface area contributed by atoms with E-state index in [4.69, 9.17) is 11.6 Å². The number of anilines is 2. The van der Waals surface area contributed by atoms with Gasteiger partial charge in [0.15, 0.2) is 0 Å². The maximum absolute atomic E-state index is 13.5. The Morgan fingerprint density at radius 2 is 1.82 bits per heavy atom. The summed E-state index contributed by atoms with van der Waals surface area (Å²) in [7, 11) is 0. The molecular formula is C31H36ClN5O. The molecule has 2 aromatic heterocycles. The van der Waals surface area contributed by atoms with E-state index in [-0.39, 0.29) is 11.9 Å². The van der Waals surface area contributed by atoms with Crippen LogP contribution in [0.2, 0.25) is 5.02 Å². The first-order chi connectivity index (χ1) is 18.5. The monoisotopic (exact) mass is 529 g/mol. The van der Waals surface area contributed by atoms with Gasteiger partial charge < -0.3 is 15.1 Å². The lowest BCUT2D eigenvalue weighted by atomic mass is 10.00. The summed E-state index contributed by atoms with van der Waals surface area (Å²) >= 11 is 6.02. The molecule has 3 aromatic rings. The highest BCUT2D eigenvalue weighted by Gasteiger charge is 2.31. The van der Waals surface area contributed by atoms with Crippen LogP contribution < -0.4 is 5.32 Å². The number of likely N-dealkylation sites (tertiary alicyclic amines) is 1. The van der Waals surface area contributed by atoms with Crippen molar-refractivity contribution in [1.82, 2.24) is 19.8 Å². The van der Waals surface area contributed by atoms with Crippen LogP contribution in [0.25, 0.3) is 6.08 Å². The minimum Gasteiger partial charge on any atom is -0.340 e. The first-order valence-electron chi connectivity index (χ1n) is 13.7. The third-order valence-electron chi connectivity index (χ3n) is 7.70. The molecule has 0 bridgehead atoms. The van der Waals surface area contributed by atoms with Crippen LogP contribution in [0.3, 0.4) is 0 Å². The van der Waals surface area contributed by atoms with Crippen molar-refractivity contribution < 1.29 is 4.79 Å². The van der Waals surface area contributed by atoms with Crippen LogP contribution in [0.4, 0.5) is 11.5 Å². The van der Waals surface area contributed by atoms with Crippen molar-refractivity contribution in [2.24, 2.45) is 0 Å². The number of aryl methyl sites for hydroxylation is 1. The number of amides is 1. The van der Waals surface area contributed by atoms with Gasteiger partial charge in [0.05, 0.1) is 0 Å². The smallest absolute Gasteiger partial charge is 0.247 e. The maximum atomic E-state index is 13.5. The van der Waals surface area contributed by atoms with Crippen molar-refractivity contribution >= 4 is 35.1 Å². The van der Waals surface area contributed by atoms with Gasteiger partial charge >= 0.3 is 0 Å². The van der Waals surface area contributed by atoms with Crippen LogP contribution in [0, 0.1) is 6.92 Å². The number of nitrogens with zero attached hydrogens (tertiary/aromatic N) is 4. The zero-order chi connectivity index (χ0) is 26.3. The van der Waals surface area contributed by atoms with Crippen LogP contribution in [-0.4, -0.2) is 50.8 Å². The van der Waals surface area contributed by atoms with E-state index < -0.39 is 0 Å². The minimum absolute atomic E-state index is 0.0359. The van der Waals surface area contributed by atoms with Gasteiger partial charge in [-0.3, -0.25) is 9.78 Å². The zero-order valence-corrected chi connectivity index (χ0v) is 22.8. The van der Waals surface area contributed by atoms with Gasteiger partial charge in [0.2, 0.25) is 5.91 Å². The highest BCUT2D eigenvalue weighted by Crippen LogP contribution is 2.28. The standard InChI is InChI=1S/C31H36ClN5O/c1-23-20-27(14-17-33-23)35-30-12-8-25(21-34-30)22-37(31(38)13-9-24-6-10-26(32)11-7-24)29-15-18-36(19-16-29)28-4-2-3-5-28/h6-14,17,20-21,28-29H,2-5,15-16,18-19,22H2,1H3,(H,33,34,35). The van der Waals surface area contributed by atoms with Crippen molar-refractivity contribution in [2.45, 2.75) is 64.1 Å². The van der Waals surface area contributed by atoms with Gasteiger partial charge in [0, 0.05) is 66.6 Å². The summed E-state index contributed by atoms with van der Waals surface area (Å²) in [4.78, 5) is 27.1. The van der Waals surface area contributed by atoms with Gasteiger partial charge in [-0.05, 0) is 80.1 Å². The lowest BCUT2D eigenvalue weighted by Crippen LogP contribution is -2.48. The fraction of sp³-hybridized carbons (Fsp3) is 0.387. The number of rotatable bonds is 8. The number of hydrogen-bond acceptors (Lipinski definition) is 5. The number of nitrogens with one attached hydrogen (secondary N) is 1. The average Bonchev–Trinajstić information content (AvgIpc) is 3.48. The molecule has 7 heteroatoms. The molecule has 0 radical (unpaired) electrons. The highest BCUT2D eigenvalue weighted by molar-refractivity contribution is 6.30. The normalized spacial score (nSPS) is 17.2. The van der Waals surface area contributed by atoms with E-state index in [1.54, 1.807) is 12.3 Å². The number of aromatic nitrogens is 2. The topological polar surface area (TPSA) is 61.4 Å². The molecule has 1 N–H and O–H groups in total. The van der Waals surface area contributed by atoms with E-state index in [9.17, 15) is 4.79 Å². The fourth-order valence-electron chi connectivity index (χ4n) is 5.62. The first-order valence-corrected chi connectivity index (χ1v) is 14.0. The van der Waals surface area contributed by atoms with Gasteiger partial charge in [-0.1, -0.05) is 42.6 Å². The van der Waals surface area contributed by atoms with E-state index in [1.165, 1.54) is 25.7 Å². The summed E-state index contributed by atoms with van der Waals surface area (Å²) in [6.45, 7) is 4.63. The molecule has 2 fully saturated rings. The van der Waals surface area contributed by atoms with Crippen LogP contribution in [0.1, 0.15) is 55.3 Å². The number of piperidine rings is 1. The van der Waals surface area contributed by atoms with Crippen molar-refractivity contribution in [2.75, 3.05) is 18.4 Å². The largest absolute Gasteiger partial charge is 0.340 e. The SMILES string of the molecule is Cc1cc(Nc2ccc(CN(C(=O)C=Cc3ccc(Cl)cc3)C3CCN(C4CCCC4)CC3)cn2)ccn1. The molecule has 1 amide bonds. The second-order valence-corrected chi connectivity index (χ2v) is 10.9. The number of hydrogen-bond donors (Lipinski definition) is 1. The van der Waals surface area contributed by atoms with Gasteiger partial charge in [0.25, 0.3) is 0 Å². The lowest BCUT2D eigenvalue weighted by molar-refractivity contribution is -0.130. The summed E-state index contributed by atoms with van der Waals surface area (Å²) in [6.07, 6.45) is 14.6. The number of carbonyl (C=O) groups is 1. The molecular weight excluding hydrogens is 494 g/mol. The maximum Gasteiger partial charge on any atom is 0.247 e. The van der Waals surface area contributed by atoms with Gasteiger partial charge in [-0.25, -0.2) is 4.98 Å². The van der Waals surface area contributed by atoms with Crippen LogP contribution in [0.5, 0.6) is 0 Å². The number of carbonyl (C=O) groups excluding carboxylic acids is 1. The van der Waals surface area contributed by atoms with Crippen LogP contribution in [0.15, 0.2) is 67.0 Å². The summed E-state index contributed by atoms with van der Waals surface area (Å²) in [5.41, 5.74) is 3.89. The Balaban J connectivity index is 1.28. The van der Waals surface area contributed by atoms with E-state index in [1.807, 2.05) is 66.6 Å². The van der Waals surface area contributed by atoms with E-state index in [0.29, 0.717) is 11.6 Å². The van der Waals surface area contributed by atoms with Crippen molar-refractivity contribution in [1.29, 1.82) is 0 Å². The third-order valence-corrected chi connectivity index (χ3v) is 7.95. The fourth-order valence-corrected chi connectivity index (χ4v) is 5.74. The van der Waals surface area contributed by atoms with Crippen molar-refractivity contribution in [3.63, 3.8) is 0 Å². The Kier molecular flexibility index (Phi) is 8.72. The summed E-state index contributed by atoms with van der Waals surface area (Å²) in [5, 5.41) is 4.02. The Morgan fingerprint density at radius 3 is 2.50 bits per heavy atom. The second-order valence-electron chi connectivity index (χ2n) is 10.4. The van der Waals surface area contributed by atoms with Gasteiger partial charge in [-0.2, -0.15) is 0 Å². The molecule has 3 heterocycles.